The van der Waals surface area contributed by atoms with Crippen LogP contribution in [-0.4, -0.2) is 21.5 Å². The molecular weight excluding hydrogens is 555 g/mol. The molecule has 0 spiro atoms. The molecule has 5 rings (SSSR count). The van der Waals surface area contributed by atoms with E-state index < -0.39 is 0 Å². The number of allylic oxidation sites excluding steroid dienone is 8. The van der Waals surface area contributed by atoms with Crippen LogP contribution < -0.4 is 0 Å². The predicted octanol–water partition coefficient (Wildman–Crippen LogP) is 7.96. The normalized spacial score (nSPS) is 35.2. The van der Waals surface area contributed by atoms with E-state index in [2.05, 4.69) is 80.5 Å². The lowest BCUT2D eigenvalue weighted by atomic mass is 9.72. The Morgan fingerprint density at radius 3 is 2.86 bits per heavy atom. The average molecular weight is 595 g/mol. The van der Waals surface area contributed by atoms with Crippen molar-refractivity contribution in [2.24, 2.45) is 35.5 Å². The minimum Gasteiger partial charge on any atom is -0.370 e. The Morgan fingerprint density at radius 1 is 1.28 bits per heavy atom. The molecule has 2 nitrogen and oxygen atoms in total. The Bertz CT molecular complexity index is 1140. The number of carbonyl (C=O) groups is 1. The number of carbonyl (C=O) groups excluding carboxylic acids is 1. The van der Waals surface area contributed by atoms with Gasteiger partial charge in [0.2, 0.25) is 0 Å². The van der Waals surface area contributed by atoms with Gasteiger partial charge >= 0.3 is 0 Å². The molecule has 0 amide bonds. The van der Waals surface area contributed by atoms with E-state index in [1.54, 1.807) is 7.09 Å². The molecule has 1 aliphatic heterocycles. The smallest absolute Gasteiger partial charge is 0.141 e. The second-order valence-corrected chi connectivity index (χ2v) is 14.2. The van der Waals surface area contributed by atoms with Crippen molar-refractivity contribution in [2.75, 3.05) is 6.61 Å². The summed E-state index contributed by atoms with van der Waals surface area (Å²) in [5.74, 6) is 3.06. The Hall–Kier alpha value is -1.77. The number of hydrogen-bond acceptors (Lipinski definition) is 2. The van der Waals surface area contributed by atoms with Crippen LogP contribution in [0.25, 0.3) is 0 Å². The van der Waals surface area contributed by atoms with Crippen molar-refractivity contribution in [3.8, 4) is 0 Å². The molecule has 2 saturated carbocycles. The van der Waals surface area contributed by atoms with Gasteiger partial charge in [0.1, 0.15) is 11.4 Å². The molecule has 3 heteroatoms. The summed E-state index contributed by atoms with van der Waals surface area (Å²) < 4.78 is 9.50. The van der Waals surface area contributed by atoms with Crippen molar-refractivity contribution in [1.82, 2.24) is 0 Å². The van der Waals surface area contributed by atoms with Crippen LogP contribution in [0.5, 0.6) is 0 Å². The summed E-state index contributed by atoms with van der Waals surface area (Å²) >= 11 is -0.213. The van der Waals surface area contributed by atoms with Crippen LogP contribution >= 0.6 is 20.7 Å². The number of ether oxygens (including phenoxy) is 1. The summed E-state index contributed by atoms with van der Waals surface area (Å²) in [6, 6.07) is 0. The van der Waals surface area contributed by atoms with Gasteiger partial charge in [-0.2, -0.15) is 0 Å². The zero-order valence-electron chi connectivity index (χ0n) is 21.7. The maximum Gasteiger partial charge on any atom is 0.141 e. The Labute approximate surface area is 227 Å². The minimum absolute atomic E-state index is 0.0190. The van der Waals surface area contributed by atoms with Crippen molar-refractivity contribution >= 4 is 30.0 Å². The van der Waals surface area contributed by atoms with Gasteiger partial charge in [0.15, 0.2) is 0 Å². The molecule has 0 aromatic rings. The molecule has 0 saturated heterocycles. The standard InChI is InChI=1S/C33H39IO2/c1-4-24-15-17-25(18-16-24)27(22-31(35)26-11-8-10-23(3)20-26)21-28-12-9-14-30(34-28)32-29-13-6-7-19-33(29,32)36-5-2/h4,6-7,9,11-14,19,24-27,29,32H,1,5,15-18,20-22H2,2-3H3. The maximum absolute atomic E-state index is 13.4. The van der Waals surface area contributed by atoms with Gasteiger partial charge in [-0.1, -0.05) is 80.8 Å². The Morgan fingerprint density at radius 2 is 2.11 bits per heavy atom. The molecule has 5 atom stereocenters. The summed E-state index contributed by atoms with van der Waals surface area (Å²) in [7, 11) is 0. The molecule has 1 heterocycles. The molecular formula is C33H39IO2. The van der Waals surface area contributed by atoms with E-state index in [0.717, 1.165) is 25.0 Å². The Kier molecular flexibility index (Phi) is 8.13. The van der Waals surface area contributed by atoms with Crippen LogP contribution in [0.15, 0.2) is 81.9 Å². The van der Waals surface area contributed by atoms with Gasteiger partial charge in [0, 0.05) is 30.8 Å². The summed E-state index contributed by atoms with van der Waals surface area (Å²) in [4.78, 5) is 13.4. The van der Waals surface area contributed by atoms with Gasteiger partial charge in [0.05, 0.1) is 0 Å². The van der Waals surface area contributed by atoms with Gasteiger partial charge < -0.3 is 4.74 Å². The maximum atomic E-state index is 13.4. The molecule has 0 aromatic heterocycles. The number of hydrogen-bond donors (Lipinski definition) is 0. The zero-order valence-corrected chi connectivity index (χ0v) is 23.9. The highest BCUT2D eigenvalue weighted by Crippen LogP contribution is 2.63. The van der Waals surface area contributed by atoms with E-state index in [0.29, 0.717) is 41.8 Å². The van der Waals surface area contributed by atoms with E-state index in [1.807, 2.05) is 6.08 Å². The second kappa shape index (κ2) is 11.3. The fourth-order valence-electron chi connectivity index (χ4n) is 6.69. The molecule has 0 aromatic carbocycles. The molecule has 4 aliphatic carbocycles. The third-order valence-corrected chi connectivity index (χ3v) is 11.9. The fourth-order valence-corrected chi connectivity index (χ4v) is 10.3. The van der Waals surface area contributed by atoms with Crippen LogP contribution in [0.2, 0.25) is 0 Å². The van der Waals surface area contributed by atoms with Gasteiger partial charge in [-0.3, -0.25) is 4.79 Å². The SMILES string of the molecule is C=CC1CCC(C(CC(=O)C2C=C=C=C(C)C2)CC2=IC(C3C4C=CC=CC43OCC)=CC=C2)CC1. The van der Waals surface area contributed by atoms with Crippen LogP contribution in [0.3, 0.4) is 0 Å². The van der Waals surface area contributed by atoms with Crippen LogP contribution in [0, 0.1) is 35.5 Å². The largest absolute Gasteiger partial charge is 0.370 e. The first kappa shape index (κ1) is 25.9. The lowest BCUT2D eigenvalue weighted by Crippen LogP contribution is -2.27. The number of Topliss-reactive ketones (excluding diaryl/α,β-unsaturated/α-hetero) is 1. The first-order chi connectivity index (χ1) is 17.5. The van der Waals surface area contributed by atoms with Gasteiger partial charge in [0.25, 0.3) is 0 Å². The van der Waals surface area contributed by atoms with Crippen molar-refractivity contribution < 1.29 is 9.53 Å². The van der Waals surface area contributed by atoms with Crippen LogP contribution in [-0.2, 0) is 9.53 Å². The molecule has 0 N–H and O–H groups in total. The minimum atomic E-state index is -0.213. The molecule has 36 heavy (non-hydrogen) atoms. The molecule has 190 valence electrons. The third kappa shape index (κ3) is 5.41. The lowest BCUT2D eigenvalue weighted by Gasteiger charge is -2.33. The molecule has 5 unspecified atom stereocenters. The van der Waals surface area contributed by atoms with E-state index in [1.165, 1.54) is 25.7 Å². The topological polar surface area (TPSA) is 26.3 Å². The number of halogens is 1. The summed E-state index contributed by atoms with van der Waals surface area (Å²) in [6.45, 7) is 8.95. The average Bonchev–Trinajstić information content (AvgIpc) is 3.57. The molecule has 2 fully saturated rings. The molecule has 0 bridgehead atoms. The van der Waals surface area contributed by atoms with Crippen molar-refractivity contribution in [3.05, 3.63) is 81.9 Å². The fraction of sp³-hybridized carbons (Fsp3) is 0.515. The number of fused-ring (bicyclic) bond motifs is 1. The third-order valence-electron chi connectivity index (χ3n) is 8.74. The first-order valence-electron chi connectivity index (χ1n) is 13.8. The zero-order chi connectivity index (χ0) is 25.1. The van der Waals surface area contributed by atoms with E-state index >= 15 is 0 Å². The van der Waals surface area contributed by atoms with Crippen LogP contribution in [0.4, 0.5) is 0 Å². The first-order valence-corrected chi connectivity index (χ1v) is 15.9. The number of ketones is 1. The van der Waals surface area contributed by atoms with E-state index in [4.69, 9.17) is 4.74 Å². The van der Waals surface area contributed by atoms with Gasteiger partial charge in [-0.05, 0) is 88.9 Å². The molecule has 5 aliphatic rings. The van der Waals surface area contributed by atoms with E-state index in [9.17, 15) is 4.79 Å². The highest BCUT2D eigenvalue weighted by molar-refractivity contribution is 14.2. The lowest BCUT2D eigenvalue weighted by molar-refractivity contribution is -0.122. The monoisotopic (exact) mass is 594 g/mol. The summed E-state index contributed by atoms with van der Waals surface area (Å²) in [5, 5.41) is 0. The highest BCUT2D eigenvalue weighted by atomic mass is 127. The number of rotatable bonds is 10. The molecule has 0 radical (unpaired) electrons. The summed E-state index contributed by atoms with van der Waals surface area (Å²) in [6.07, 6.45) is 27.5. The Balaban J connectivity index is 1.32. The van der Waals surface area contributed by atoms with Gasteiger partial charge in [-0.25, -0.2) is 0 Å². The van der Waals surface area contributed by atoms with Crippen molar-refractivity contribution in [3.63, 3.8) is 0 Å². The van der Waals surface area contributed by atoms with Crippen LogP contribution in [0.1, 0.15) is 58.8 Å². The quantitative estimate of drug-likeness (QED) is 0.146. The summed E-state index contributed by atoms with van der Waals surface area (Å²) in [5.41, 5.74) is 7.25. The predicted molar refractivity (Wildman–Crippen MR) is 158 cm³/mol. The van der Waals surface area contributed by atoms with Crippen molar-refractivity contribution in [1.29, 1.82) is 0 Å². The second-order valence-electron chi connectivity index (χ2n) is 11.1. The highest BCUT2D eigenvalue weighted by Gasteiger charge is 2.65. The van der Waals surface area contributed by atoms with Gasteiger partial charge in [-0.15, -0.1) is 6.58 Å². The van der Waals surface area contributed by atoms with E-state index in [-0.39, 0.29) is 32.2 Å². The van der Waals surface area contributed by atoms with Crippen molar-refractivity contribution in [2.45, 2.75) is 64.4 Å².